The number of allylic oxidation sites excluding steroid dienone is 1. The predicted molar refractivity (Wildman–Crippen MR) is 110 cm³/mol. The van der Waals surface area contributed by atoms with Crippen LogP contribution in [0.2, 0.25) is 0 Å². The highest BCUT2D eigenvalue weighted by Crippen LogP contribution is 2.58. The van der Waals surface area contributed by atoms with Gasteiger partial charge in [-0.2, -0.15) is 0 Å². The van der Waals surface area contributed by atoms with Gasteiger partial charge in [-0.1, -0.05) is 71.6 Å². The molecule has 0 aromatic heterocycles. The van der Waals surface area contributed by atoms with Gasteiger partial charge in [0.2, 0.25) is 0 Å². The summed E-state index contributed by atoms with van der Waals surface area (Å²) in [6.07, 6.45) is 7.29. The van der Waals surface area contributed by atoms with E-state index in [0.717, 1.165) is 54.3 Å². The first-order valence-electron chi connectivity index (χ1n) is 9.98. The van der Waals surface area contributed by atoms with E-state index in [9.17, 15) is 4.79 Å². The fraction of sp³-hybridized carbons (Fsp3) is 0.375. The normalized spacial score (nSPS) is 23.6. The molecular formula is C24H23BrO2. The van der Waals surface area contributed by atoms with E-state index >= 15 is 0 Å². The van der Waals surface area contributed by atoms with E-state index in [2.05, 4.69) is 58.4 Å². The first-order chi connectivity index (χ1) is 13.2. The average molecular weight is 423 g/mol. The minimum Gasteiger partial charge on any atom is -0.425 e. The molecule has 2 aromatic rings. The largest absolute Gasteiger partial charge is 0.425 e. The van der Waals surface area contributed by atoms with Crippen molar-refractivity contribution in [3.63, 3.8) is 0 Å². The Kier molecular flexibility index (Phi) is 4.23. The molecule has 1 spiro atoms. The highest BCUT2D eigenvalue weighted by atomic mass is 79.9. The van der Waals surface area contributed by atoms with E-state index < -0.39 is 5.41 Å². The monoisotopic (exact) mass is 422 g/mol. The number of rotatable bonds is 1. The van der Waals surface area contributed by atoms with E-state index in [0.29, 0.717) is 0 Å². The maximum Gasteiger partial charge on any atom is 0.318 e. The van der Waals surface area contributed by atoms with Gasteiger partial charge in [0.25, 0.3) is 0 Å². The highest BCUT2D eigenvalue weighted by Gasteiger charge is 2.54. The molecule has 0 N–H and O–H groups in total. The lowest BCUT2D eigenvalue weighted by Gasteiger charge is -2.47. The standard InChI is InChI=1S/C24H23BrO2/c25-18-9-6-8-17(15-18)21-20-12-11-16-7-2-3-10-19(16)22(20)27-23(26)24(21)13-4-1-5-14-24/h2-3,6-10,15,21H,1,4-5,11-14H2. The van der Waals surface area contributed by atoms with Crippen LogP contribution in [0, 0.1) is 5.41 Å². The Labute approximate surface area is 168 Å². The van der Waals surface area contributed by atoms with Crippen LogP contribution < -0.4 is 0 Å². The van der Waals surface area contributed by atoms with Crippen LogP contribution in [0.4, 0.5) is 0 Å². The van der Waals surface area contributed by atoms with Gasteiger partial charge >= 0.3 is 5.97 Å². The molecule has 3 heteroatoms. The molecule has 1 atom stereocenters. The molecule has 1 saturated carbocycles. The van der Waals surface area contributed by atoms with E-state index in [1.165, 1.54) is 23.1 Å². The second-order valence-corrected chi connectivity index (χ2v) is 9.02. The summed E-state index contributed by atoms with van der Waals surface area (Å²) in [5.74, 6) is 0.950. The summed E-state index contributed by atoms with van der Waals surface area (Å²) in [6, 6.07) is 16.9. The van der Waals surface area contributed by atoms with Gasteiger partial charge in [0, 0.05) is 16.0 Å². The zero-order valence-electron chi connectivity index (χ0n) is 15.3. The molecule has 0 bridgehead atoms. The van der Waals surface area contributed by atoms with Crippen molar-refractivity contribution in [2.75, 3.05) is 0 Å². The molecular weight excluding hydrogens is 400 g/mol. The Balaban J connectivity index is 1.74. The molecule has 27 heavy (non-hydrogen) atoms. The van der Waals surface area contributed by atoms with Crippen molar-refractivity contribution in [1.82, 2.24) is 0 Å². The molecule has 1 aliphatic heterocycles. The van der Waals surface area contributed by atoms with Crippen LogP contribution >= 0.6 is 15.9 Å². The summed E-state index contributed by atoms with van der Waals surface area (Å²) in [4.78, 5) is 13.4. The van der Waals surface area contributed by atoms with Gasteiger partial charge < -0.3 is 4.74 Å². The average Bonchev–Trinajstić information content (AvgIpc) is 2.70. The van der Waals surface area contributed by atoms with E-state index in [-0.39, 0.29) is 11.9 Å². The van der Waals surface area contributed by atoms with Crippen molar-refractivity contribution in [3.8, 4) is 0 Å². The lowest BCUT2D eigenvalue weighted by atomic mass is 9.59. The second-order valence-electron chi connectivity index (χ2n) is 8.11. The van der Waals surface area contributed by atoms with E-state index in [4.69, 9.17) is 4.74 Å². The molecule has 0 saturated heterocycles. The van der Waals surface area contributed by atoms with Gasteiger partial charge in [0.15, 0.2) is 0 Å². The maximum absolute atomic E-state index is 13.4. The van der Waals surface area contributed by atoms with Crippen LogP contribution in [0.15, 0.2) is 58.6 Å². The number of carbonyl (C=O) groups excluding carboxylic acids is 1. The second kappa shape index (κ2) is 6.63. The smallest absolute Gasteiger partial charge is 0.318 e. The van der Waals surface area contributed by atoms with Crippen molar-refractivity contribution in [2.24, 2.45) is 5.41 Å². The first-order valence-corrected chi connectivity index (χ1v) is 10.8. The summed E-state index contributed by atoms with van der Waals surface area (Å²) >= 11 is 3.64. The van der Waals surface area contributed by atoms with Gasteiger partial charge in [-0.3, -0.25) is 4.79 Å². The summed E-state index contributed by atoms with van der Waals surface area (Å²) in [5, 5.41) is 0. The molecule has 1 heterocycles. The third-order valence-corrected chi connectivity index (χ3v) is 7.14. The zero-order chi connectivity index (χ0) is 18.4. The number of benzene rings is 2. The Hall–Kier alpha value is -1.87. The van der Waals surface area contributed by atoms with Gasteiger partial charge in [0.05, 0.1) is 5.41 Å². The predicted octanol–water partition coefficient (Wildman–Crippen LogP) is 6.40. The molecule has 5 rings (SSSR count). The third kappa shape index (κ3) is 2.70. The Morgan fingerprint density at radius 1 is 0.963 bits per heavy atom. The molecule has 0 amide bonds. The number of fused-ring (bicyclic) bond motifs is 2. The summed E-state index contributed by atoms with van der Waals surface area (Å²) < 4.78 is 7.19. The third-order valence-electron chi connectivity index (χ3n) is 6.65. The summed E-state index contributed by atoms with van der Waals surface area (Å²) in [7, 11) is 0. The number of carbonyl (C=O) groups is 1. The number of hydrogen-bond acceptors (Lipinski definition) is 2. The van der Waals surface area contributed by atoms with E-state index in [1.54, 1.807) is 0 Å². The fourth-order valence-electron chi connectivity index (χ4n) is 5.44. The van der Waals surface area contributed by atoms with Crippen LogP contribution in [0.5, 0.6) is 0 Å². The van der Waals surface area contributed by atoms with Crippen LogP contribution in [0.1, 0.15) is 61.1 Å². The number of esters is 1. The highest BCUT2D eigenvalue weighted by molar-refractivity contribution is 9.10. The van der Waals surface area contributed by atoms with Crippen LogP contribution in [0.25, 0.3) is 5.76 Å². The Morgan fingerprint density at radius 3 is 2.59 bits per heavy atom. The van der Waals surface area contributed by atoms with Crippen molar-refractivity contribution in [1.29, 1.82) is 0 Å². The lowest BCUT2D eigenvalue weighted by Crippen LogP contribution is -2.45. The summed E-state index contributed by atoms with van der Waals surface area (Å²) in [5.41, 5.74) is 4.57. The summed E-state index contributed by atoms with van der Waals surface area (Å²) in [6.45, 7) is 0. The van der Waals surface area contributed by atoms with Crippen molar-refractivity contribution < 1.29 is 9.53 Å². The number of ether oxygens (including phenoxy) is 1. The minimum absolute atomic E-state index is 0.0115. The van der Waals surface area contributed by atoms with Crippen LogP contribution in [-0.4, -0.2) is 5.97 Å². The Bertz CT molecular complexity index is 937. The molecule has 1 unspecified atom stereocenters. The van der Waals surface area contributed by atoms with Crippen molar-refractivity contribution in [3.05, 3.63) is 75.3 Å². The SMILES string of the molecule is O=C1OC2=C(CCc3ccccc32)C(c2cccc(Br)c2)C12CCCCC2. The first kappa shape index (κ1) is 17.2. The molecule has 138 valence electrons. The quantitative estimate of drug-likeness (QED) is 0.497. The molecule has 2 aromatic carbocycles. The zero-order valence-corrected chi connectivity index (χ0v) is 16.9. The fourth-order valence-corrected chi connectivity index (χ4v) is 5.86. The van der Waals surface area contributed by atoms with Gasteiger partial charge in [-0.25, -0.2) is 0 Å². The van der Waals surface area contributed by atoms with E-state index in [1.807, 2.05) is 6.07 Å². The number of halogens is 1. The molecule has 0 radical (unpaired) electrons. The van der Waals surface area contributed by atoms with Gasteiger partial charge in [-0.05, 0) is 54.5 Å². The number of aryl methyl sites for hydroxylation is 1. The maximum atomic E-state index is 13.4. The number of hydrogen-bond donors (Lipinski definition) is 0. The molecule has 3 aliphatic rings. The lowest BCUT2D eigenvalue weighted by molar-refractivity contribution is -0.153. The van der Waals surface area contributed by atoms with Crippen molar-refractivity contribution in [2.45, 2.75) is 50.9 Å². The molecule has 1 fully saturated rings. The van der Waals surface area contributed by atoms with Crippen LogP contribution in [0.3, 0.4) is 0 Å². The Morgan fingerprint density at radius 2 is 1.78 bits per heavy atom. The molecule has 2 aliphatic carbocycles. The van der Waals surface area contributed by atoms with Crippen molar-refractivity contribution >= 4 is 27.7 Å². The van der Waals surface area contributed by atoms with Gasteiger partial charge in [0.1, 0.15) is 5.76 Å². The van der Waals surface area contributed by atoms with Crippen LogP contribution in [-0.2, 0) is 16.0 Å². The minimum atomic E-state index is -0.399. The van der Waals surface area contributed by atoms with Gasteiger partial charge in [-0.15, -0.1) is 0 Å². The topological polar surface area (TPSA) is 26.3 Å². The molecule has 2 nitrogen and oxygen atoms in total.